The lowest BCUT2D eigenvalue weighted by molar-refractivity contribution is 0.0690. The minimum atomic E-state index is -1.10. The van der Waals surface area contributed by atoms with E-state index in [4.69, 9.17) is 16.7 Å². The summed E-state index contributed by atoms with van der Waals surface area (Å²) in [4.78, 5) is 26.0. The van der Waals surface area contributed by atoms with Gasteiger partial charge in [0.1, 0.15) is 5.69 Å². The van der Waals surface area contributed by atoms with E-state index in [9.17, 15) is 9.59 Å². The maximum Gasteiger partial charge on any atom is 0.352 e. The Morgan fingerprint density at radius 3 is 2.45 bits per heavy atom. The van der Waals surface area contributed by atoms with Gasteiger partial charge in [0.05, 0.1) is 16.3 Å². The lowest BCUT2D eigenvalue weighted by Crippen LogP contribution is -2.14. The van der Waals surface area contributed by atoms with Crippen LogP contribution in [0.4, 0.5) is 5.69 Å². The summed E-state index contributed by atoms with van der Waals surface area (Å²) in [5, 5.41) is 12.1. The predicted octanol–water partition coefficient (Wildman–Crippen LogP) is 3.24. The topological polar surface area (TPSA) is 82.2 Å². The van der Waals surface area contributed by atoms with E-state index in [0.29, 0.717) is 27.5 Å². The molecule has 3 N–H and O–H groups in total. The molecule has 0 radical (unpaired) electrons. The number of benzene rings is 1. The number of hydrogen-bond donors (Lipinski definition) is 3. The van der Waals surface area contributed by atoms with Gasteiger partial charge in [-0.1, -0.05) is 23.7 Å². The molecule has 1 aromatic heterocycles. The van der Waals surface area contributed by atoms with Crippen LogP contribution in [-0.2, 0) is 0 Å². The van der Waals surface area contributed by atoms with Crippen molar-refractivity contribution in [3.05, 3.63) is 51.8 Å². The second kappa shape index (κ2) is 5.38. The van der Waals surface area contributed by atoms with Crippen LogP contribution in [0.2, 0.25) is 5.02 Å². The summed E-state index contributed by atoms with van der Waals surface area (Å²) >= 11 is 5.97. The van der Waals surface area contributed by atoms with Crippen molar-refractivity contribution in [2.24, 2.45) is 0 Å². The van der Waals surface area contributed by atoms with E-state index in [-0.39, 0.29) is 5.69 Å². The molecular weight excluding hydrogens is 280 g/mol. The van der Waals surface area contributed by atoms with E-state index in [1.807, 2.05) is 0 Å². The van der Waals surface area contributed by atoms with Crippen LogP contribution in [0.3, 0.4) is 0 Å². The van der Waals surface area contributed by atoms with Crippen molar-refractivity contribution < 1.29 is 14.7 Å². The molecule has 0 spiro atoms. The molecule has 0 saturated carbocycles. The number of aryl methyl sites for hydroxylation is 1. The van der Waals surface area contributed by atoms with E-state index < -0.39 is 11.9 Å². The number of aromatic amines is 1. The van der Waals surface area contributed by atoms with Crippen molar-refractivity contribution in [2.75, 3.05) is 5.32 Å². The zero-order valence-electron chi connectivity index (χ0n) is 11.0. The normalized spacial score (nSPS) is 10.3. The van der Waals surface area contributed by atoms with E-state index >= 15 is 0 Å². The van der Waals surface area contributed by atoms with Crippen molar-refractivity contribution in [2.45, 2.75) is 13.8 Å². The van der Waals surface area contributed by atoms with Gasteiger partial charge in [-0.05, 0) is 31.5 Å². The lowest BCUT2D eigenvalue weighted by atomic mass is 10.1. The van der Waals surface area contributed by atoms with Gasteiger partial charge < -0.3 is 15.4 Å². The molecule has 0 aliphatic carbocycles. The molecule has 104 valence electrons. The molecule has 0 atom stereocenters. The highest BCUT2D eigenvalue weighted by atomic mass is 35.5. The molecule has 2 aromatic rings. The first-order valence-electron chi connectivity index (χ1n) is 5.90. The summed E-state index contributed by atoms with van der Waals surface area (Å²) in [6.07, 6.45) is 0. The summed E-state index contributed by atoms with van der Waals surface area (Å²) in [5.74, 6) is -1.49. The average Bonchev–Trinajstić information content (AvgIpc) is 2.68. The first-order valence-corrected chi connectivity index (χ1v) is 6.28. The average molecular weight is 293 g/mol. The zero-order valence-corrected chi connectivity index (χ0v) is 11.7. The van der Waals surface area contributed by atoms with Crippen molar-refractivity contribution in [1.29, 1.82) is 0 Å². The second-order valence-corrected chi connectivity index (χ2v) is 4.77. The van der Waals surface area contributed by atoms with Gasteiger partial charge in [0.2, 0.25) is 0 Å². The van der Waals surface area contributed by atoms with Gasteiger partial charge in [-0.2, -0.15) is 0 Å². The predicted molar refractivity (Wildman–Crippen MR) is 76.6 cm³/mol. The highest BCUT2D eigenvalue weighted by Crippen LogP contribution is 2.23. The Bertz CT molecular complexity index is 692. The van der Waals surface area contributed by atoms with Gasteiger partial charge in [-0.25, -0.2) is 4.79 Å². The molecule has 6 heteroatoms. The Labute approximate surface area is 120 Å². The molecule has 1 heterocycles. The van der Waals surface area contributed by atoms with Gasteiger partial charge >= 0.3 is 5.97 Å². The summed E-state index contributed by atoms with van der Waals surface area (Å²) in [6.45, 7) is 3.25. The number of carboxylic acid groups (broad SMARTS) is 1. The number of aromatic nitrogens is 1. The molecule has 1 amide bonds. The largest absolute Gasteiger partial charge is 0.477 e. The molecule has 0 saturated heterocycles. The van der Waals surface area contributed by atoms with Gasteiger partial charge in [-0.15, -0.1) is 0 Å². The summed E-state index contributed by atoms with van der Waals surface area (Å²) in [5.41, 5.74) is 1.73. The molecule has 0 fully saturated rings. The number of aromatic carboxylic acids is 1. The van der Waals surface area contributed by atoms with Crippen LogP contribution >= 0.6 is 11.6 Å². The molecule has 1 aromatic carbocycles. The van der Waals surface area contributed by atoms with E-state index in [1.54, 1.807) is 38.1 Å². The van der Waals surface area contributed by atoms with E-state index in [1.165, 1.54) is 0 Å². The summed E-state index contributed by atoms with van der Waals surface area (Å²) in [7, 11) is 0. The summed E-state index contributed by atoms with van der Waals surface area (Å²) < 4.78 is 0. The van der Waals surface area contributed by atoms with Gasteiger partial charge in [0, 0.05) is 5.69 Å². The summed E-state index contributed by atoms with van der Waals surface area (Å²) in [6, 6.07) is 6.85. The monoisotopic (exact) mass is 292 g/mol. The number of carbonyl (C=O) groups excluding carboxylic acids is 1. The third kappa shape index (κ3) is 2.53. The van der Waals surface area contributed by atoms with Gasteiger partial charge in [0.25, 0.3) is 5.91 Å². The van der Waals surface area contributed by atoms with Gasteiger partial charge in [0.15, 0.2) is 0 Å². The van der Waals surface area contributed by atoms with Crippen LogP contribution in [-0.4, -0.2) is 22.0 Å². The molecule has 0 bridgehead atoms. The van der Waals surface area contributed by atoms with Crippen LogP contribution in [0.15, 0.2) is 24.3 Å². The third-order valence-electron chi connectivity index (χ3n) is 3.00. The Morgan fingerprint density at radius 2 is 1.90 bits per heavy atom. The first kappa shape index (κ1) is 14.1. The molecule has 0 aliphatic rings. The number of amides is 1. The number of H-pyrrole nitrogens is 1. The first-order chi connectivity index (χ1) is 9.41. The molecule has 5 nitrogen and oxygen atoms in total. The Morgan fingerprint density at radius 1 is 1.25 bits per heavy atom. The smallest absolute Gasteiger partial charge is 0.352 e. The SMILES string of the molecule is Cc1[nH]c(C(=O)O)c(C)c1C(=O)Nc1ccccc1Cl. The minimum Gasteiger partial charge on any atom is -0.477 e. The quantitative estimate of drug-likeness (QED) is 0.812. The standard InChI is InChI=1S/C14H13ClN2O3/c1-7-11(8(2)16-12(7)14(19)20)13(18)17-10-6-4-3-5-9(10)15/h3-6,16H,1-2H3,(H,17,18)(H,19,20). The lowest BCUT2D eigenvalue weighted by Gasteiger charge is -2.07. The second-order valence-electron chi connectivity index (χ2n) is 4.36. The Hall–Kier alpha value is -2.27. The zero-order chi connectivity index (χ0) is 14.9. The molecule has 0 aliphatic heterocycles. The van der Waals surface area contributed by atoms with E-state index in [0.717, 1.165) is 0 Å². The van der Waals surface area contributed by atoms with Gasteiger partial charge in [-0.3, -0.25) is 4.79 Å². The fourth-order valence-electron chi connectivity index (χ4n) is 2.05. The fourth-order valence-corrected chi connectivity index (χ4v) is 2.23. The van der Waals surface area contributed by atoms with Crippen LogP contribution in [0, 0.1) is 13.8 Å². The molecule has 0 unspecified atom stereocenters. The number of hydrogen-bond acceptors (Lipinski definition) is 2. The van der Waals surface area contributed by atoms with Crippen LogP contribution in [0.1, 0.15) is 32.1 Å². The highest BCUT2D eigenvalue weighted by molar-refractivity contribution is 6.34. The van der Waals surface area contributed by atoms with Crippen molar-refractivity contribution in [1.82, 2.24) is 4.98 Å². The number of rotatable bonds is 3. The van der Waals surface area contributed by atoms with Crippen molar-refractivity contribution in [3.63, 3.8) is 0 Å². The third-order valence-corrected chi connectivity index (χ3v) is 3.33. The van der Waals surface area contributed by atoms with Crippen molar-refractivity contribution in [3.8, 4) is 0 Å². The number of nitrogens with one attached hydrogen (secondary N) is 2. The van der Waals surface area contributed by atoms with Crippen molar-refractivity contribution >= 4 is 29.2 Å². The number of anilines is 1. The Kier molecular flexibility index (Phi) is 3.81. The van der Waals surface area contributed by atoms with Crippen LogP contribution < -0.4 is 5.32 Å². The van der Waals surface area contributed by atoms with E-state index in [2.05, 4.69) is 10.3 Å². The molecule has 2 rings (SSSR count). The van der Waals surface area contributed by atoms with Crippen LogP contribution in [0.25, 0.3) is 0 Å². The fraction of sp³-hybridized carbons (Fsp3) is 0.143. The number of carbonyl (C=O) groups is 2. The molecular formula is C14H13ClN2O3. The maximum absolute atomic E-state index is 12.3. The number of para-hydroxylation sites is 1. The minimum absolute atomic E-state index is 0.0202. The Balaban J connectivity index is 2.35. The number of halogens is 1. The van der Waals surface area contributed by atoms with Crippen LogP contribution in [0.5, 0.6) is 0 Å². The number of carboxylic acids is 1. The highest BCUT2D eigenvalue weighted by Gasteiger charge is 2.21. The molecule has 20 heavy (non-hydrogen) atoms. The maximum atomic E-state index is 12.3.